The minimum atomic E-state index is 0.872. The average Bonchev–Trinajstić information content (AvgIpc) is 3.12. The van der Waals surface area contributed by atoms with Crippen LogP contribution in [0.2, 0.25) is 0 Å². The van der Waals surface area contributed by atoms with E-state index >= 15 is 0 Å². The molecule has 1 aliphatic rings. The number of aromatic nitrogens is 4. The summed E-state index contributed by atoms with van der Waals surface area (Å²) in [6, 6.07) is 21.0. The molecule has 0 spiro atoms. The van der Waals surface area contributed by atoms with Crippen LogP contribution in [0.15, 0.2) is 66.9 Å². The smallest absolute Gasteiger partial charge is 0.168 e. The van der Waals surface area contributed by atoms with Crippen molar-refractivity contribution in [2.24, 2.45) is 0 Å². The van der Waals surface area contributed by atoms with Crippen LogP contribution in [0.3, 0.4) is 0 Å². The molecule has 0 atom stereocenters. The van der Waals surface area contributed by atoms with Crippen molar-refractivity contribution >= 4 is 16.9 Å². The fraction of sp³-hybridized carbons (Fsp3) is 0.346. The van der Waals surface area contributed by atoms with E-state index in [4.69, 9.17) is 15.1 Å². The Morgan fingerprint density at radius 1 is 0.844 bits per heavy atom. The molecule has 5 rings (SSSR count). The van der Waals surface area contributed by atoms with Crippen LogP contribution in [0.4, 0.5) is 5.82 Å². The van der Waals surface area contributed by atoms with E-state index in [9.17, 15) is 0 Å². The van der Waals surface area contributed by atoms with E-state index in [1.54, 1.807) is 0 Å². The molecule has 1 fully saturated rings. The van der Waals surface area contributed by atoms with Gasteiger partial charge < -0.3 is 4.90 Å². The third kappa shape index (κ3) is 4.36. The van der Waals surface area contributed by atoms with Crippen molar-refractivity contribution in [3.63, 3.8) is 0 Å². The predicted molar refractivity (Wildman–Crippen MR) is 129 cm³/mol. The van der Waals surface area contributed by atoms with Gasteiger partial charge in [0.25, 0.3) is 0 Å². The molecule has 0 radical (unpaired) electrons. The number of rotatable bonds is 6. The zero-order valence-corrected chi connectivity index (χ0v) is 18.7. The summed E-state index contributed by atoms with van der Waals surface area (Å²) in [5.41, 5.74) is 3.30. The molecule has 3 heterocycles. The van der Waals surface area contributed by atoms with Gasteiger partial charge in [-0.2, -0.15) is 5.10 Å². The highest BCUT2D eigenvalue weighted by molar-refractivity contribution is 5.88. The van der Waals surface area contributed by atoms with Crippen molar-refractivity contribution in [3.05, 3.63) is 78.2 Å². The third-order valence-electron chi connectivity index (χ3n) is 6.07. The highest BCUT2D eigenvalue weighted by atomic mass is 15.3. The molecule has 6 heteroatoms. The van der Waals surface area contributed by atoms with Crippen LogP contribution < -0.4 is 4.90 Å². The molecule has 0 bridgehead atoms. The van der Waals surface area contributed by atoms with E-state index < -0.39 is 0 Å². The lowest BCUT2D eigenvalue weighted by Gasteiger charge is -2.23. The number of aryl methyl sites for hydroxylation is 1. The summed E-state index contributed by atoms with van der Waals surface area (Å²) in [5, 5.41) is 5.73. The van der Waals surface area contributed by atoms with E-state index in [-0.39, 0.29) is 0 Å². The quantitative estimate of drug-likeness (QED) is 0.455. The summed E-state index contributed by atoms with van der Waals surface area (Å²) < 4.78 is 1.94. The van der Waals surface area contributed by atoms with Gasteiger partial charge >= 0.3 is 0 Å². The van der Waals surface area contributed by atoms with Gasteiger partial charge in [0.2, 0.25) is 0 Å². The van der Waals surface area contributed by atoms with Crippen LogP contribution in [0, 0.1) is 0 Å². The maximum absolute atomic E-state index is 5.01. The van der Waals surface area contributed by atoms with Crippen molar-refractivity contribution in [2.75, 3.05) is 31.1 Å². The third-order valence-corrected chi connectivity index (χ3v) is 6.07. The molecule has 4 aromatic rings. The molecule has 1 saturated heterocycles. The zero-order chi connectivity index (χ0) is 21.8. The zero-order valence-electron chi connectivity index (χ0n) is 18.7. The predicted octanol–water partition coefficient (Wildman–Crippen LogP) is 4.48. The number of para-hydroxylation sites is 1. The lowest BCUT2D eigenvalue weighted by atomic mass is 10.2. The standard InChI is InChI=1S/C26H30N6/c1-2-10-24-28-25(23-19-27-32(26(23)29-24)22-13-7-4-8-14-22)31-16-9-15-30(17-18-31)20-21-11-5-3-6-12-21/h3-8,11-14,19H,2,9-10,15-18,20H2,1H3. The molecule has 164 valence electrons. The molecular weight excluding hydrogens is 396 g/mol. The molecule has 2 aromatic heterocycles. The maximum Gasteiger partial charge on any atom is 0.168 e. The first-order valence-electron chi connectivity index (χ1n) is 11.6. The topological polar surface area (TPSA) is 50.1 Å². The van der Waals surface area contributed by atoms with E-state index in [0.717, 1.165) is 80.3 Å². The molecule has 0 N–H and O–H groups in total. The molecule has 0 saturated carbocycles. The number of anilines is 1. The first kappa shape index (κ1) is 20.6. The summed E-state index contributed by atoms with van der Waals surface area (Å²) in [4.78, 5) is 14.9. The van der Waals surface area contributed by atoms with Crippen molar-refractivity contribution < 1.29 is 0 Å². The van der Waals surface area contributed by atoms with Crippen LogP contribution >= 0.6 is 0 Å². The van der Waals surface area contributed by atoms with E-state index in [0.29, 0.717) is 0 Å². The molecular formula is C26H30N6. The Labute approximate surface area is 189 Å². The fourth-order valence-corrected chi connectivity index (χ4v) is 4.45. The minimum Gasteiger partial charge on any atom is -0.355 e. The van der Waals surface area contributed by atoms with Gasteiger partial charge in [0.1, 0.15) is 11.6 Å². The number of hydrogen-bond acceptors (Lipinski definition) is 5. The second kappa shape index (κ2) is 9.49. The first-order chi connectivity index (χ1) is 15.8. The van der Waals surface area contributed by atoms with Gasteiger partial charge in [0, 0.05) is 39.1 Å². The first-order valence-corrected chi connectivity index (χ1v) is 11.6. The molecule has 0 aliphatic carbocycles. The normalized spacial score (nSPS) is 15.2. The summed E-state index contributed by atoms with van der Waals surface area (Å²) in [6.07, 6.45) is 4.94. The van der Waals surface area contributed by atoms with Crippen molar-refractivity contribution in [2.45, 2.75) is 32.7 Å². The number of benzene rings is 2. The van der Waals surface area contributed by atoms with Gasteiger partial charge in [-0.3, -0.25) is 4.90 Å². The van der Waals surface area contributed by atoms with Gasteiger partial charge in [0.05, 0.1) is 17.3 Å². The van der Waals surface area contributed by atoms with E-state index in [1.807, 2.05) is 29.1 Å². The molecule has 2 aromatic carbocycles. The Morgan fingerprint density at radius 2 is 1.62 bits per heavy atom. The van der Waals surface area contributed by atoms with Crippen LogP contribution in [0.25, 0.3) is 16.7 Å². The van der Waals surface area contributed by atoms with E-state index in [1.165, 1.54) is 5.56 Å². The lowest BCUT2D eigenvalue weighted by Crippen LogP contribution is -2.31. The molecule has 32 heavy (non-hydrogen) atoms. The fourth-order valence-electron chi connectivity index (χ4n) is 4.45. The van der Waals surface area contributed by atoms with Gasteiger partial charge in [-0.1, -0.05) is 55.5 Å². The maximum atomic E-state index is 5.01. The van der Waals surface area contributed by atoms with Crippen LogP contribution in [0.5, 0.6) is 0 Å². The largest absolute Gasteiger partial charge is 0.355 e. The Hall–Kier alpha value is -3.25. The highest BCUT2D eigenvalue weighted by Gasteiger charge is 2.21. The summed E-state index contributed by atoms with van der Waals surface area (Å²) >= 11 is 0. The molecule has 6 nitrogen and oxygen atoms in total. The number of hydrogen-bond donors (Lipinski definition) is 0. The van der Waals surface area contributed by atoms with Gasteiger partial charge in [-0.15, -0.1) is 0 Å². The second-order valence-electron chi connectivity index (χ2n) is 8.44. The Morgan fingerprint density at radius 3 is 2.41 bits per heavy atom. The molecule has 0 unspecified atom stereocenters. The average molecular weight is 427 g/mol. The second-order valence-corrected chi connectivity index (χ2v) is 8.44. The highest BCUT2D eigenvalue weighted by Crippen LogP contribution is 2.27. The Bertz CT molecular complexity index is 1160. The van der Waals surface area contributed by atoms with Gasteiger partial charge in [-0.05, 0) is 30.5 Å². The van der Waals surface area contributed by atoms with Crippen molar-refractivity contribution in [3.8, 4) is 5.69 Å². The SMILES string of the molecule is CCCc1nc(N2CCCN(Cc3ccccc3)CC2)c2cnn(-c3ccccc3)c2n1. The van der Waals surface area contributed by atoms with E-state index in [2.05, 4.69) is 59.2 Å². The summed E-state index contributed by atoms with van der Waals surface area (Å²) in [5.74, 6) is 1.93. The lowest BCUT2D eigenvalue weighted by molar-refractivity contribution is 0.285. The number of fused-ring (bicyclic) bond motifs is 1. The van der Waals surface area contributed by atoms with Gasteiger partial charge in [-0.25, -0.2) is 14.6 Å². The molecule has 0 amide bonds. The van der Waals surface area contributed by atoms with Crippen LogP contribution in [-0.2, 0) is 13.0 Å². The molecule has 1 aliphatic heterocycles. The van der Waals surface area contributed by atoms with Crippen LogP contribution in [0.1, 0.15) is 31.2 Å². The monoisotopic (exact) mass is 426 g/mol. The summed E-state index contributed by atoms with van der Waals surface area (Å²) in [6.45, 7) is 7.26. The van der Waals surface area contributed by atoms with Crippen molar-refractivity contribution in [1.29, 1.82) is 0 Å². The Kier molecular flexibility index (Phi) is 6.12. The van der Waals surface area contributed by atoms with Gasteiger partial charge in [0.15, 0.2) is 5.65 Å². The Balaban J connectivity index is 1.44. The van der Waals surface area contributed by atoms with Crippen molar-refractivity contribution in [1.82, 2.24) is 24.6 Å². The minimum absolute atomic E-state index is 0.872. The number of nitrogens with zero attached hydrogens (tertiary/aromatic N) is 6. The summed E-state index contributed by atoms with van der Waals surface area (Å²) in [7, 11) is 0. The van der Waals surface area contributed by atoms with Crippen LogP contribution in [-0.4, -0.2) is 50.8 Å².